The van der Waals surface area contributed by atoms with Crippen LogP contribution < -0.4 is 4.72 Å². The Kier molecular flexibility index (Phi) is 4.85. The molecule has 0 unspecified atom stereocenters. The number of nitro groups is 1. The molecule has 0 saturated heterocycles. The third-order valence-electron chi connectivity index (χ3n) is 2.89. The van der Waals surface area contributed by atoms with Crippen molar-refractivity contribution in [1.29, 1.82) is 0 Å². The van der Waals surface area contributed by atoms with Crippen LogP contribution in [-0.2, 0) is 16.2 Å². The zero-order valence-electron chi connectivity index (χ0n) is 11.5. The van der Waals surface area contributed by atoms with Crippen LogP contribution in [-0.4, -0.2) is 13.3 Å². The Balaban J connectivity index is 2.50. The van der Waals surface area contributed by atoms with Gasteiger partial charge in [0.1, 0.15) is 0 Å². The summed E-state index contributed by atoms with van der Waals surface area (Å²) < 4.78 is 64.9. The van der Waals surface area contributed by atoms with E-state index in [1.165, 1.54) is 12.1 Å². The van der Waals surface area contributed by atoms with Gasteiger partial charge >= 0.3 is 6.18 Å². The van der Waals surface area contributed by atoms with Crippen molar-refractivity contribution >= 4 is 37.3 Å². The van der Waals surface area contributed by atoms with Gasteiger partial charge in [0.2, 0.25) is 0 Å². The number of nitro benzene ring substituents is 1. The maximum atomic E-state index is 12.7. The molecule has 2 rings (SSSR count). The van der Waals surface area contributed by atoms with Crippen molar-refractivity contribution in [2.24, 2.45) is 0 Å². The monoisotopic (exact) mass is 424 g/mol. The van der Waals surface area contributed by atoms with Crippen molar-refractivity contribution in [1.82, 2.24) is 0 Å². The van der Waals surface area contributed by atoms with Crippen molar-refractivity contribution in [3.63, 3.8) is 0 Å². The molecule has 0 bridgehead atoms. The molecule has 0 heterocycles. The van der Waals surface area contributed by atoms with E-state index in [2.05, 4.69) is 15.9 Å². The fourth-order valence-electron chi connectivity index (χ4n) is 1.81. The second-order valence-corrected chi connectivity index (χ2v) is 7.03. The highest BCUT2D eigenvalue weighted by Gasteiger charge is 2.32. The molecule has 2 aromatic rings. The van der Waals surface area contributed by atoms with E-state index < -0.39 is 37.3 Å². The van der Waals surface area contributed by atoms with Gasteiger partial charge in [0.05, 0.1) is 16.2 Å². The molecular weight excluding hydrogens is 417 g/mol. The number of alkyl halides is 3. The van der Waals surface area contributed by atoms with Crippen LogP contribution in [0, 0.1) is 10.1 Å². The lowest BCUT2D eigenvalue weighted by Gasteiger charge is -2.13. The van der Waals surface area contributed by atoms with Gasteiger partial charge in [-0.25, -0.2) is 8.42 Å². The fraction of sp³-hybridized carbons (Fsp3) is 0.0769. The van der Waals surface area contributed by atoms with Gasteiger partial charge in [-0.2, -0.15) is 13.2 Å². The maximum Gasteiger partial charge on any atom is 0.416 e. The van der Waals surface area contributed by atoms with E-state index in [1.54, 1.807) is 0 Å². The van der Waals surface area contributed by atoms with Crippen LogP contribution >= 0.6 is 15.9 Å². The average Bonchev–Trinajstić information content (AvgIpc) is 2.48. The number of para-hydroxylation sites is 1. The van der Waals surface area contributed by atoms with Crippen LogP contribution in [0.5, 0.6) is 0 Å². The SMILES string of the molecule is O=[N+]([O-])c1ccccc1S(=O)(=O)Nc1cc(C(F)(F)F)ccc1Br. The van der Waals surface area contributed by atoms with E-state index in [0.29, 0.717) is 6.07 Å². The van der Waals surface area contributed by atoms with Gasteiger partial charge in [-0.05, 0) is 40.2 Å². The van der Waals surface area contributed by atoms with Crippen LogP contribution in [0.15, 0.2) is 51.8 Å². The number of benzene rings is 2. The quantitative estimate of drug-likeness (QED) is 0.588. The largest absolute Gasteiger partial charge is 0.416 e. The van der Waals surface area contributed by atoms with Gasteiger partial charge in [-0.15, -0.1) is 0 Å². The predicted octanol–water partition coefficient (Wildman–Crippen LogP) is 4.18. The molecule has 11 heteroatoms. The van der Waals surface area contributed by atoms with Crippen molar-refractivity contribution in [3.8, 4) is 0 Å². The minimum absolute atomic E-state index is 0.0534. The van der Waals surface area contributed by atoms with E-state index in [1.807, 2.05) is 4.72 Å². The number of nitrogens with zero attached hydrogens (tertiary/aromatic N) is 1. The van der Waals surface area contributed by atoms with Crippen molar-refractivity contribution < 1.29 is 26.5 Å². The number of anilines is 1. The molecule has 0 amide bonds. The molecule has 0 aliphatic rings. The van der Waals surface area contributed by atoms with Crippen LogP contribution in [0.25, 0.3) is 0 Å². The summed E-state index contributed by atoms with van der Waals surface area (Å²) in [4.78, 5) is 9.38. The van der Waals surface area contributed by atoms with E-state index in [9.17, 15) is 31.7 Å². The molecule has 2 aromatic carbocycles. The third-order valence-corrected chi connectivity index (χ3v) is 4.99. The second-order valence-electron chi connectivity index (χ2n) is 4.52. The molecule has 0 radical (unpaired) electrons. The molecule has 0 fully saturated rings. The minimum Gasteiger partial charge on any atom is -0.278 e. The molecular formula is C13H8BrF3N2O4S. The minimum atomic E-state index is -4.67. The highest BCUT2D eigenvalue weighted by atomic mass is 79.9. The summed E-state index contributed by atoms with van der Waals surface area (Å²) in [7, 11) is -4.46. The Labute approximate surface area is 142 Å². The summed E-state index contributed by atoms with van der Waals surface area (Å²) in [5, 5.41) is 10.9. The Morgan fingerprint density at radius 1 is 1.12 bits per heavy atom. The van der Waals surface area contributed by atoms with Crippen LogP contribution in [0.1, 0.15) is 5.56 Å². The fourth-order valence-corrected chi connectivity index (χ4v) is 3.54. The molecule has 0 saturated carbocycles. The summed E-state index contributed by atoms with van der Waals surface area (Å²) in [6, 6.07) is 6.90. The predicted molar refractivity (Wildman–Crippen MR) is 83.0 cm³/mol. The van der Waals surface area contributed by atoms with Crippen molar-refractivity contribution in [3.05, 3.63) is 62.6 Å². The van der Waals surface area contributed by atoms with E-state index in [-0.39, 0.29) is 10.2 Å². The van der Waals surface area contributed by atoms with Gasteiger partial charge in [0, 0.05) is 10.5 Å². The lowest BCUT2D eigenvalue weighted by molar-refractivity contribution is -0.387. The zero-order valence-corrected chi connectivity index (χ0v) is 13.9. The normalized spacial score (nSPS) is 12.0. The Bertz CT molecular complexity index is 900. The van der Waals surface area contributed by atoms with E-state index >= 15 is 0 Å². The Morgan fingerprint density at radius 2 is 1.75 bits per heavy atom. The smallest absolute Gasteiger partial charge is 0.278 e. The molecule has 0 aliphatic heterocycles. The summed E-state index contributed by atoms with van der Waals surface area (Å²) in [5.74, 6) is 0. The lowest BCUT2D eigenvalue weighted by Crippen LogP contribution is -2.16. The van der Waals surface area contributed by atoms with Crippen LogP contribution in [0.3, 0.4) is 0 Å². The highest BCUT2D eigenvalue weighted by molar-refractivity contribution is 9.10. The van der Waals surface area contributed by atoms with Gasteiger partial charge in [-0.1, -0.05) is 12.1 Å². The van der Waals surface area contributed by atoms with Gasteiger partial charge in [0.25, 0.3) is 15.7 Å². The van der Waals surface area contributed by atoms with Gasteiger partial charge in [-0.3, -0.25) is 14.8 Å². The molecule has 0 aromatic heterocycles. The summed E-state index contributed by atoms with van der Waals surface area (Å²) in [5.41, 5.74) is -2.14. The molecule has 128 valence electrons. The van der Waals surface area contributed by atoms with Crippen LogP contribution in [0.4, 0.5) is 24.5 Å². The highest BCUT2D eigenvalue weighted by Crippen LogP contribution is 2.35. The summed E-state index contributed by atoms with van der Waals surface area (Å²) in [6.07, 6.45) is -4.67. The number of hydrogen-bond donors (Lipinski definition) is 1. The van der Waals surface area contributed by atoms with E-state index in [4.69, 9.17) is 0 Å². The Morgan fingerprint density at radius 3 is 2.33 bits per heavy atom. The van der Waals surface area contributed by atoms with Gasteiger partial charge in [0.15, 0.2) is 4.90 Å². The summed E-state index contributed by atoms with van der Waals surface area (Å²) >= 11 is 2.94. The number of sulfonamides is 1. The number of nitrogens with one attached hydrogen (secondary N) is 1. The number of halogens is 4. The number of rotatable bonds is 4. The molecule has 0 aliphatic carbocycles. The molecule has 24 heavy (non-hydrogen) atoms. The zero-order chi connectivity index (χ0) is 18.1. The molecule has 0 atom stereocenters. The van der Waals surface area contributed by atoms with Gasteiger partial charge < -0.3 is 0 Å². The number of hydrogen-bond acceptors (Lipinski definition) is 4. The first-order valence-electron chi connectivity index (χ1n) is 6.15. The maximum absolute atomic E-state index is 12.7. The van der Waals surface area contributed by atoms with Crippen molar-refractivity contribution in [2.45, 2.75) is 11.1 Å². The lowest BCUT2D eigenvalue weighted by atomic mass is 10.2. The van der Waals surface area contributed by atoms with Crippen molar-refractivity contribution in [2.75, 3.05) is 4.72 Å². The van der Waals surface area contributed by atoms with E-state index in [0.717, 1.165) is 24.3 Å². The third kappa shape index (κ3) is 3.85. The molecule has 0 spiro atoms. The first-order valence-corrected chi connectivity index (χ1v) is 8.43. The standard InChI is InChI=1S/C13H8BrF3N2O4S/c14-9-6-5-8(13(15,16)17)7-10(9)18-24(22,23)12-4-2-1-3-11(12)19(20)21/h1-7,18H. The molecule has 6 nitrogen and oxygen atoms in total. The first kappa shape index (κ1) is 18.2. The van der Waals surface area contributed by atoms with Crippen LogP contribution in [0.2, 0.25) is 0 Å². The Hall–Kier alpha value is -2.14. The topological polar surface area (TPSA) is 89.3 Å². The first-order chi connectivity index (χ1) is 11.0. The summed E-state index contributed by atoms with van der Waals surface area (Å²) in [6.45, 7) is 0. The average molecular weight is 425 g/mol. The molecule has 1 N–H and O–H groups in total. The second kappa shape index (κ2) is 6.40.